The van der Waals surface area contributed by atoms with Crippen LogP contribution in [0.25, 0.3) is 0 Å². The van der Waals surface area contributed by atoms with Crippen molar-refractivity contribution in [3.8, 4) is 0 Å². The van der Waals surface area contributed by atoms with Crippen LogP contribution in [0.5, 0.6) is 0 Å². The summed E-state index contributed by atoms with van der Waals surface area (Å²) in [7, 11) is 0. The van der Waals surface area contributed by atoms with E-state index in [1.54, 1.807) is 12.2 Å². The van der Waals surface area contributed by atoms with Gasteiger partial charge in [-0.2, -0.15) is 0 Å². The molecule has 0 aliphatic carbocycles. The standard InChI is InChI=1S/C11H16O3/c1-3-5-6-8-7-9(10(12)4-2)11(13)14-8/h3,7-8,10,12H,1,4-6H2,2H3/t8-,10?/m0/s1. The Hall–Kier alpha value is -1.09. The summed E-state index contributed by atoms with van der Waals surface area (Å²) in [5, 5.41) is 9.48. The molecule has 0 saturated carbocycles. The molecule has 78 valence electrons. The summed E-state index contributed by atoms with van der Waals surface area (Å²) in [6, 6.07) is 0. The summed E-state index contributed by atoms with van der Waals surface area (Å²) in [6.45, 7) is 5.43. The minimum absolute atomic E-state index is 0.184. The van der Waals surface area contributed by atoms with E-state index in [-0.39, 0.29) is 12.1 Å². The fourth-order valence-electron chi connectivity index (χ4n) is 1.40. The number of carbonyl (C=O) groups is 1. The fourth-order valence-corrected chi connectivity index (χ4v) is 1.40. The number of cyclic esters (lactones) is 1. The van der Waals surface area contributed by atoms with Crippen LogP contribution in [-0.4, -0.2) is 23.3 Å². The predicted molar refractivity (Wildman–Crippen MR) is 53.7 cm³/mol. The van der Waals surface area contributed by atoms with E-state index in [1.165, 1.54) is 0 Å². The molecule has 1 heterocycles. The highest BCUT2D eigenvalue weighted by atomic mass is 16.5. The number of esters is 1. The number of hydrogen-bond acceptors (Lipinski definition) is 3. The molecule has 0 radical (unpaired) electrons. The third-order valence-corrected chi connectivity index (χ3v) is 2.26. The third-order valence-electron chi connectivity index (χ3n) is 2.26. The maximum Gasteiger partial charge on any atom is 0.337 e. The zero-order chi connectivity index (χ0) is 10.6. The van der Waals surface area contributed by atoms with Gasteiger partial charge in [-0.3, -0.25) is 0 Å². The molecule has 0 spiro atoms. The monoisotopic (exact) mass is 196 g/mol. The van der Waals surface area contributed by atoms with E-state index in [2.05, 4.69) is 6.58 Å². The molecule has 0 fully saturated rings. The minimum Gasteiger partial charge on any atom is -0.455 e. The van der Waals surface area contributed by atoms with Crippen molar-refractivity contribution in [2.24, 2.45) is 0 Å². The largest absolute Gasteiger partial charge is 0.455 e. The lowest BCUT2D eigenvalue weighted by atomic mass is 10.1. The highest BCUT2D eigenvalue weighted by Crippen LogP contribution is 2.21. The van der Waals surface area contributed by atoms with Gasteiger partial charge in [-0.05, 0) is 25.3 Å². The average Bonchev–Trinajstić information content (AvgIpc) is 2.55. The van der Waals surface area contributed by atoms with Crippen molar-refractivity contribution in [3.05, 3.63) is 24.3 Å². The number of aliphatic hydroxyl groups excluding tert-OH is 1. The fraction of sp³-hybridized carbons (Fsp3) is 0.545. The van der Waals surface area contributed by atoms with Crippen molar-refractivity contribution >= 4 is 5.97 Å². The highest BCUT2D eigenvalue weighted by molar-refractivity contribution is 5.91. The molecule has 0 bridgehead atoms. The van der Waals surface area contributed by atoms with Gasteiger partial charge >= 0.3 is 5.97 Å². The first kappa shape index (κ1) is 11.0. The minimum atomic E-state index is -0.684. The van der Waals surface area contributed by atoms with Crippen molar-refractivity contribution < 1.29 is 14.6 Å². The molecule has 1 N–H and O–H groups in total. The van der Waals surface area contributed by atoms with E-state index < -0.39 is 6.10 Å². The molecule has 0 saturated heterocycles. The van der Waals surface area contributed by atoms with Crippen molar-refractivity contribution in [1.82, 2.24) is 0 Å². The van der Waals surface area contributed by atoms with Crippen LogP contribution in [0.1, 0.15) is 26.2 Å². The molecule has 14 heavy (non-hydrogen) atoms. The van der Waals surface area contributed by atoms with Gasteiger partial charge in [0, 0.05) is 0 Å². The number of rotatable bonds is 5. The normalized spacial score (nSPS) is 22.9. The van der Waals surface area contributed by atoms with Gasteiger partial charge in [0.2, 0.25) is 0 Å². The summed E-state index contributed by atoms with van der Waals surface area (Å²) in [4.78, 5) is 11.3. The molecule has 0 aromatic rings. The molecule has 1 unspecified atom stereocenters. The number of hydrogen-bond donors (Lipinski definition) is 1. The zero-order valence-electron chi connectivity index (χ0n) is 8.40. The summed E-state index contributed by atoms with van der Waals surface area (Å²) in [5.74, 6) is -0.381. The number of aliphatic hydroxyl groups is 1. The van der Waals surface area contributed by atoms with Gasteiger partial charge < -0.3 is 9.84 Å². The molecule has 1 rings (SSSR count). The lowest BCUT2D eigenvalue weighted by molar-refractivity contribution is -0.140. The van der Waals surface area contributed by atoms with Gasteiger partial charge in [0.15, 0.2) is 0 Å². The molecule has 1 aliphatic rings. The van der Waals surface area contributed by atoms with Crippen LogP contribution in [0.15, 0.2) is 24.3 Å². The van der Waals surface area contributed by atoms with Gasteiger partial charge in [-0.25, -0.2) is 4.79 Å². The number of carbonyl (C=O) groups excluding carboxylic acids is 1. The second-order valence-corrected chi connectivity index (χ2v) is 3.36. The molecule has 1 aliphatic heterocycles. The molecule has 3 nitrogen and oxygen atoms in total. The topological polar surface area (TPSA) is 46.5 Å². The molecular weight excluding hydrogens is 180 g/mol. The Morgan fingerprint density at radius 3 is 3.07 bits per heavy atom. The molecular formula is C11H16O3. The van der Waals surface area contributed by atoms with Crippen LogP contribution in [0.3, 0.4) is 0 Å². The molecule has 3 heteroatoms. The van der Waals surface area contributed by atoms with Crippen LogP contribution in [0.2, 0.25) is 0 Å². The van der Waals surface area contributed by atoms with Crippen LogP contribution in [-0.2, 0) is 9.53 Å². The second kappa shape index (κ2) is 4.96. The van der Waals surface area contributed by atoms with Gasteiger partial charge in [0.05, 0.1) is 11.7 Å². The first-order valence-corrected chi connectivity index (χ1v) is 4.90. The quantitative estimate of drug-likeness (QED) is 0.536. The summed E-state index contributed by atoms with van der Waals surface area (Å²) in [6.07, 6.45) is 4.73. The van der Waals surface area contributed by atoms with E-state index in [0.717, 1.165) is 12.8 Å². The van der Waals surface area contributed by atoms with Crippen LogP contribution < -0.4 is 0 Å². The Bertz CT molecular complexity index is 255. The molecule has 0 amide bonds. The smallest absolute Gasteiger partial charge is 0.337 e. The Morgan fingerprint density at radius 1 is 1.79 bits per heavy atom. The van der Waals surface area contributed by atoms with Gasteiger partial charge in [-0.15, -0.1) is 6.58 Å². The van der Waals surface area contributed by atoms with Crippen molar-refractivity contribution in [1.29, 1.82) is 0 Å². The lowest BCUT2D eigenvalue weighted by Gasteiger charge is -2.06. The maximum atomic E-state index is 11.3. The third kappa shape index (κ3) is 2.45. The second-order valence-electron chi connectivity index (χ2n) is 3.36. The zero-order valence-corrected chi connectivity index (χ0v) is 8.40. The maximum absolute atomic E-state index is 11.3. The van der Waals surface area contributed by atoms with Crippen molar-refractivity contribution in [2.45, 2.75) is 38.4 Å². The Balaban J connectivity index is 2.57. The van der Waals surface area contributed by atoms with Crippen LogP contribution in [0.4, 0.5) is 0 Å². The first-order valence-electron chi connectivity index (χ1n) is 4.90. The van der Waals surface area contributed by atoms with Crippen molar-refractivity contribution in [3.63, 3.8) is 0 Å². The number of ether oxygens (including phenoxy) is 1. The van der Waals surface area contributed by atoms with Crippen LogP contribution in [0, 0.1) is 0 Å². The van der Waals surface area contributed by atoms with Crippen molar-refractivity contribution in [2.75, 3.05) is 0 Å². The molecule has 0 aromatic carbocycles. The Kier molecular flexibility index (Phi) is 3.89. The number of allylic oxidation sites excluding steroid dienone is 1. The SMILES string of the molecule is C=CCC[C@H]1C=C(C(O)CC)C(=O)O1. The van der Waals surface area contributed by atoms with E-state index in [0.29, 0.717) is 12.0 Å². The molecule has 2 atom stereocenters. The summed E-state index contributed by atoms with van der Waals surface area (Å²) in [5.41, 5.74) is 0.404. The lowest BCUT2D eigenvalue weighted by Crippen LogP contribution is -2.15. The molecule has 0 aromatic heterocycles. The van der Waals surface area contributed by atoms with E-state index in [4.69, 9.17) is 4.74 Å². The average molecular weight is 196 g/mol. The van der Waals surface area contributed by atoms with E-state index in [9.17, 15) is 9.90 Å². The summed E-state index contributed by atoms with van der Waals surface area (Å²) >= 11 is 0. The van der Waals surface area contributed by atoms with E-state index in [1.807, 2.05) is 6.92 Å². The van der Waals surface area contributed by atoms with Gasteiger partial charge in [0.25, 0.3) is 0 Å². The highest BCUT2D eigenvalue weighted by Gasteiger charge is 2.28. The first-order chi connectivity index (χ1) is 6.69. The van der Waals surface area contributed by atoms with E-state index >= 15 is 0 Å². The van der Waals surface area contributed by atoms with Gasteiger partial charge in [0.1, 0.15) is 6.10 Å². The van der Waals surface area contributed by atoms with Gasteiger partial charge in [-0.1, -0.05) is 13.0 Å². The van der Waals surface area contributed by atoms with Crippen LogP contribution >= 0.6 is 0 Å². The summed E-state index contributed by atoms with van der Waals surface area (Å²) < 4.78 is 5.06. The Labute approximate surface area is 84.1 Å². The predicted octanol–water partition coefficient (Wildman–Crippen LogP) is 1.58. The Morgan fingerprint density at radius 2 is 2.50 bits per heavy atom.